The van der Waals surface area contributed by atoms with Gasteiger partial charge >= 0.3 is 0 Å². The number of carbonyl (C=O) groups is 1. The van der Waals surface area contributed by atoms with Crippen molar-refractivity contribution in [3.63, 3.8) is 0 Å². The van der Waals surface area contributed by atoms with Crippen LogP contribution in [0.2, 0.25) is 0 Å². The zero-order valence-corrected chi connectivity index (χ0v) is 17.2. The molecule has 0 unspecified atom stereocenters. The molecule has 2 aliphatic heterocycles. The summed E-state index contributed by atoms with van der Waals surface area (Å²) in [4.78, 5) is 12.6. The standard InChI is InChI=1S/C22H26N2O4S/c25-22(9-6-17-4-2-1-3-5-17)23-19-10-13-24(14-11-19)29(26,27)20-7-8-21-18(16-20)12-15-28-21/h1-5,7-8,16,19H,6,9-15H2,(H,23,25). The van der Waals surface area contributed by atoms with E-state index < -0.39 is 10.0 Å². The molecule has 6 nitrogen and oxygen atoms in total. The lowest BCUT2D eigenvalue weighted by molar-refractivity contribution is -0.122. The van der Waals surface area contributed by atoms with Gasteiger partial charge in [0.1, 0.15) is 5.75 Å². The van der Waals surface area contributed by atoms with Crippen LogP contribution in [-0.4, -0.2) is 44.4 Å². The monoisotopic (exact) mass is 414 g/mol. The molecule has 0 aliphatic carbocycles. The largest absolute Gasteiger partial charge is 0.493 e. The second-order valence-corrected chi connectivity index (χ2v) is 9.54. The maximum absolute atomic E-state index is 13.0. The van der Waals surface area contributed by atoms with E-state index in [1.54, 1.807) is 18.2 Å². The third-order valence-electron chi connectivity index (χ3n) is 5.60. The maximum atomic E-state index is 13.0. The van der Waals surface area contributed by atoms with Crippen LogP contribution in [0.15, 0.2) is 53.4 Å². The first-order valence-corrected chi connectivity index (χ1v) is 11.6. The van der Waals surface area contributed by atoms with Crippen molar-refractivity contribution in [2.24, 2.45) is 0 Å². The molecule has 0 aromatic heterocycles. The van der Waals surface area contributed by atoms with Crippen LogP contribution in [0.25, 0.3) is 0 Å². The van der Waals surface area contributed by atoms with Gasteiger partial charge in [-0.25, -0.2) is 8.42 Å². The highest BCUT2D eigenvalue weighted by atomic mass is 32.2. The average molecular weight is 415 g/mol. The van der Waals surface area contributed by atoms with Crippen LogP contribution in [0.4, 0.5) is 0 Å². The molecule has 2 aliphatic rings. The fraction of sp³-hybridized carbons (Fsp3) is 0.409. The molecule has 2 aromatic carbocycles. The molecule has 1 amide bonds. The summed E-state index contributed by atoms with van der Waals surface area (Å²) in [7, 11) is -3.52. The fourth-order valence-electron chi connectivity index (χ4n) is 3.92. The van der Waals surface area contributed by atoms with Crippen molar-refractivity contribution in [1.29, 1.82) is 0 Å². The van der Waals surface area contributed by atoms with Crippen molar-refractivity contribution in [3.8, 4) is 5.75 Å². The fourth-order valence-corrected chi connectivity index (χ4v) is 5.44. The summed E-state index contributed by atoms with van der Waals surface area (Å²) in [6, 6.07) is 15.1. The Morgan fingerprint density at radius 3 is 2.62 bits per heavy atom. The van der Waals surface area contributed by atoms with Gasteiger partial charge in [-0.15, -0.1) is 0 Å². The van der Waals surface area contributed by atoms with E-state index in [1.165, 1.54) is 4.31 Å². The molecule has 0 spiro atoms. The summed E-state index contributed by atoms with van der Waals surface area (Å²) in [5, 5.41) is 3.06. The minimum absolute atomic E-state index is 0.0220. The molecule has 7 heteroatoms. The van der Waals surface area contributed by atoms with Gasteiger partial charge in [-0.05, 0) is 48.6 Å². The number of benzene rings is 2. The molecular weight excluding hydrogens is 388 g/mol. The third kappa shape index (κ3) is 4.62. The minimum Gasteiger partial charge on any atom is -0.493 e. The van der Waals surface area contributed by atoms with Crippen molar-refractivity contribution in [2.75, 3.05) is 19.7 Å². The molecule has 0 atom stereocenters. The number of amides is 1. The average Bonchev–Trinajstić information content (AvgIpc) is 3.21. The van der Waals surface area contributed by atoms with Gasteiger partial charge < -0.3 is 10.1 Å². The molecule has 154 valence electrons. The Morgan fingerprint density at radius 2 is 1.86 bits per heavy atom. The van der Waals surface area contributed by atoms with Crippen LogP contribution in [0, 0.1) is 0 Å². The first kappa shape index (κ1) is 19.9. The number of hydrogen-bond donors (Lipinski definition) is 1. The molecule has 0 saturated carbocycles. The zero-order chi connectivity index (χ0) is 20.3. The summed E-state index contributed by atoms with van der Waals surface area (Å²) in [6.07, 6.45) is 3.16. The number of piperidine rings is 1. The molecule has 1 saturated heterocycles. The SMILES string of the molecule is O=C(CCc1ccccc1)NC1CCN(S(=O)(=O)c2ccc3c(c2)CCO3)CC1. The van der Waals surface area contributed by atoms with Gasteiger partial charge in [-0.2, -0.15) is 4.31 Å². The molecule has 0 radical (unpaired) electrons. The lowest BCUT2D eigenvalue weighted by Crippen LogP contribution is -2.46. The van der Waals surface area contributed by atoms with E-state index in [4.69, 9.17) is 4.74 Å². The minimum atomic E-state index is -3.52. The van der Waals surface area contributed by atoms with Crippen molar-refractivity contribution in [3.05, 3.63) is 59.7 Å². The lowest BCUT2D eigenvalue weighted by Gasteiger charge is -2.31. The molecule has 4 rings (SSSR count). The van der Waals surface area contributed by atoms with Gasteiger partial charge in [0.15, 0.2) is 0 Å². The second-order valence-electron chi connectivity index (χ2n) is 7.60. The Bertz CT molecular complexity index is 968. The highest BCUT2D eigenvalue weighted by Crippen LogP contribution is 2.29. The molecule has 1 N–H and O–H groups in total. The number of aryl methyl sites for hydroxylation is 1. The topological polar surface area (TPSA) is 75.7 Å². The predicted molar refractivity (Wildman–Crippen MR) is 110 cm³/mol. The summed E-state index contributed by atoms with van der Waals surface area (Å²) in [5.74, 6) is 0.801. The Balaban J connectivity index is 1.29. The number of carbonyl (C=O) groups excluding carboxylic acids is 1. The number of nitrogens with one attached hydrogen (secondary N) is 1. The van der Waals surface area contributed by atoms with Gasteiger partial charge in [-0.1, -0.05) is 30.3 Å². The number of fused-ring (bicyclic) bond motifs is 1. The molecule has 29 heavy (non-hydrogen) atoms. The molecule has 0 bridgehead atoms. The lowest BCUT2D eigenvalue weighted by atomic mass is 10.1. The molecular formula is C22H26N2O4S. The van der Waals surface area contributed by atoms with Gasteiger partial charge in [0.05, 0.1) is 11.5 Å². The summed E-state index contributed by atoms with van der Waals surface area (Å²) in [6.45, 7) is 1.44. The second kappa shape index (κ2) is 8.55. The van der Waals surface area contributed by atoms with Crippen molar-refractivity contribution in [1.82, 2.24) is 9.62 Å². The van der Waals surface area contributed by atoms with E-state index in [1.807, 2.05) is 30.3 Å². The van der Waals surface area contributed by atoms with E-state index in [9.17, 15) is 13.2 Å². The number of ether oxygens (including phenoxy) is 1. The predicted octanol–water partition coefficient (Wildman–Crippen LogP) is 2.52. The van der Waals surface area contributed by atoms with Crippen molar-refractivity contribution < 1.29 is 17.9 Å². The first-order chi connectivity index (χ1) is 14.0. The van der Waals surface area contributed by atoms with Gasteiger partial charge in [-0.3, -0.25) is 4.79 Å². The maximum Gasteiger partial charge on any atom is 0.243 e. The molecule has 2 heterocycles. The highest BCUT2D eigenvalue weighted by molar-refractivity contribution is 7.89. The van der Waals surface area contributed by atoms with E-state index in [2.05, 4.69) is 5.32 Å². The van der Waals surface area contributed by atoms with E-state index >= 15 is 0 Å². The van der Waals surface area contributed by atoms with Crippen LogP contribution in [0.3, 0.4) is 0 Å². The number of sulfonamides is 1. The summed E-state index contributed by atoms with van der Waals surface area (Å²) < 4.78 is 32.9. The molecule has 1 fully saturated rings. The van der Waals surface area contributed by atoms with Gasteiger partial charge in [0, 0.05) is 32.0 Å². The quantitative estimate of drug-likeness (QED) is 0.788. The highest BCUT2D eigenvalue weighted by Gasteiger charge is 2.30. The summed E-state index contributed by atoms with van der Waals surface area (Å²) in [5.41, 5.74) is 2.09. The third-order valence-corrected chi connectivity index (χ3v) is 7.50. The Morgan fingerprint density at radius 1 is 1.10 bits per heavy atom. The van der Waals surface area contributed by atoms with E-state index in [0.717, 1.165) is 23.3 Å². The van der Waals surface area contributed by atoms with E-state index in [-0.39, 0.29) is 11.9 Å². The van der Waals surface area contributed by atoms with Gasteiger partial charge in [0.2, 0.25) is 15.9 Å². The normalized spacial score (nSPS) is 17.5. The number of nitrogens with zero attached hydrogens (tertiary/aromatic N) is 1. The Kier molecular flexibility index (Phi) is 5.87. The number of rotatable bonds is 6. The first-order valence-electron chi connectivity index (χ1n) is 10.1. The van der Waals surface area contributed by atoms with Crippen LogP contribution in [0.5, 0.6) is 5.75 Å². The van der Waals surface area contributed by atoms with Crippen molar-refractivity contribution in [2.45, 2.75) is 43.0 Å². The van der Waals surface area contributed by atoms with Crippen LogP contribution < -0.4 is 10.1 Å². The number of hydrogen-bond acceptors (Lipinski definition) is 4. The molecule has 2 aromatic rings. The van der Waals surface area contributed by atoms with Crippen LogP contribution in [0.1, 0.15) is 30.4 Å². The van der Waals surface area contributed by atoms with Crippen molar-refractivity contribution >= 4 is 15.9 Å². The van der Waals surface area contributed by atoms with Crippen LogP contribution >= 0.6 is 0 Å². The Labute approximate surface area is 171 Å². The summed E-state index contributed by atoms with van der Waals surface area (Å²) >= 11 is 0. The van der Waals surface area contributed by atoms with Gasteiger partial charge in [0.25, 0.3) is 0 Å². The Hall–Kier alpha value is -2.38. The van der Waals surface area contributed by atoms with E-state index in [0.29, 0.717) is 50.3 Å². The zero-order valence-electron chi connectivity index (χ0n) is 16.3. The smallest absolute Gasteiger partial charge is 0.243 e. The van der Waals surface area contributed by atoms with Crippen LogP contribution in [-0.2, 0) is 27.7 Å².